The van der Waals surface area contributed by atoms with Gasteiger partial charge in [-0.2, -0.15) is 5.26 Å². The lowest BCUT2D eigenvalue weighted by Crippen LogP contribution is -2.11. The van der Waals surface area contributed by atoms with Crippen molar-refractivity contribution in [3.05, 3.63) is 91.3 Å². The summed E-state index contributed by atoms with van der Waals surface area (Å²) in [5.74, 6) is 0.571. The molecule has 0 saturated heterocycles. The fraction of sp³-hybridized carbons (Fsp3) is 0.143. The summed E-state index contributed by atoms with van der Waals surface area (Å²) < 4.78 is 5.74. The Morgan fingerprint density at radius 1 is 1.11 bits per heavy atom. The first kappa shape index (κ1) is 19.0. The van der Waals surface area contributed by atoms with E-state index in [0.717, 1.165) is 6.42 Å². The van der Waals surface area contributed by atoms with Crippen molar-refractivity contribution in [1.29, 1.82) is 5.26 Å². The second kappa shape index (κ2) is 8.30. The topological polar surface area (TPSA) is 65.9 Å². The molecule has 1 aromatic heterocycles. The molecule has 0 unspecified atom stereocenters. The number of ether oxygens (including phenoxy) is 1. The minimum Gasteiger partial charge on any atom is -0.455 e. The van der Waals surface area contributed by atoms with Crippen molar-refractivity contribution >= 4 is 23.2 Å². The Balaban J connectivity index is 1.85. The van der Waals surface area contributed by atoms with E-state index in [1.807, 2.05) is 31.2 Å². The van der Waals surface area contributed by atoms with Gasteiger partial charge in [-0.15, -0.1) is 0 Å². The summed E-state index contributed by atoms with van der Waals surface area (Å²) in [6.07, 6.45) is 1.40. The van der Waals surface area contributed by atoms with Gasteiger partial charge < -0.3 is 9.72 Å². The van der Waals surface area contributed by atoms with Crippen molar-refractivity contribution in [1.82, 2.24) is 4.98 Å². The fourth-order valence-electron chi connectivity index (χ4n) is 2.74. The molecule has 1 N–H and O–H groups in total. The number of benzene rings is 2. The van der Waals surface area contributed by atoms with Crippen LogP contribution >= 0.6 is 23.2 Å². The minimum atomic E-state index is -0.420. The zero-order valence-electron chi connectivity index (χ0n) is 14.6. The van der Waals surface area contributed by atoms with Crippen LogP contribution < -0.4 is 10.3 Å². The summed E-state index contributed by atoms with van der Waals surface area (Å²) in [5.41, 5.74) is 3.02. The van der Waals surface area contributed by atoms with Crippen LogP contribution in [-0.2, 0) is 12.8 Å². The Hall–Kier alpha value is -2.74. The average Bonchev–Trinajstić information content (AvgIpc) is 2.63. The number of nitrogens with zero attached hydrogens (tertiary/aromatic N) is 1. The highest BCUT2D eigenvalue weighted by Gasteiger charge is 2.11. The molecule has 1 heterocycles. The van der Waals surface area contributed by atoms with Crippen molar-refractivity contribution in [3.8, 4) is 17.6 Å². The maximum absolute atomic E-state index is 12.2. The van der Waals surface area contributed by atoms with Gasteiger partial charge in [0.2, 0.25) is 0 Å². The zero-order chi connectivity index (χ0) is 19.4. The molecule has 0 fully saturated rings. The molecule has 4 nitrogen and oxygen atoms in total. The van der Waals surface area contributed by atoms with E-state index in [1.165, 1.54) is 23.3 Å². The van der Waals surface area contributed by atoms with Gasteiger partial charge in [0.05, 0.1) is 11.6 Å². The van der Waals surface area contributed by atoms with E-state index in [4.69, 9.17) is 33.2 Å². The highest BCUT2D eigenvalue weighted by molar-refractivity contribution is 6.32. The molecule has 0 aliphatic rings. The third-order valence-electron chi connectivity index (χ3n) is 3.99. The van der Waals surface area contributed by atoms with Gasteiger partial charge in [-0.25, -0.2) is 0 Å². The standard InChI is InChI=1S/C21H16Cl2N2O2/c1-13-3-2-4-14(7-13)5-6-17-11-19(20(23)21(26)25-17)27-18-9-15(12-24)8-16(22)10-18/h2-4,7-11H,5-6H2,1H3,(H,25,26). The van der Waals surface area contributed by atoms with Crippen LogP contribution in [0.5, 0.6) is 11.5 Å². The van der Waals surface area contributed by atoms with Gasteiger partial charge in [0.25, 0.3) is 5.56 Å². The molecular formula is C21H16Cl2N2O2. The van der Waals surface area contributed by atoms with E-state index in [9.17, 15) is 4.79 Å². The maximum Gasteiger partial charge on any atom is 0.270 e. The largest absolute Gasteiger partial charge is 0.455 e. The normalized spacial score (nSPS) is 10.4. The number of nitrogens with one attached hydrogen (secondary N) is 1. The molecule has 2 aromatic carbocycles. The molecule has 0 saturated carbocycles. The number of halogens is 2. The number of H-pyrrole nitrogens is 1. The van der Waals surface area contributed by atoms with Crippen molar-refractivity contribution < 1.29 is 4.74 Å². The first-order valence-electron chi connectivity index (χ1n) is 8.30. The van der Waals surface area contributed by atoms with Crippen molar-refractivity contribution in [2.24, 2.45) is 0 Å². The van der Waals surface area contributed by atoms with Gasteiger partial charge in [0, 0.05) is 16.8 Å². The maximum atomic E-state index is 12.2. The van der Waals surface area contributed by atoms with E-state index in [1.54, 1.807) is 12.1 Å². The number of pyridine rings is 1. The van der Waals surface area contributed by atoms with Crippen LogP contribution in [0.1, 0.15) is 22.4 Å². The second-order valence-electron chi connectivity index (χ2n) is 6.18. The molecule has 0 spiro atoms. The Morgan fingerprint density at radius 3 is 2.67 bits per heavy atom. The van der Waals surface area contributed by atoms with Gasteiger partial charge in [0.1, 0.15) is 10.8 Å². The molecule has 3 aromatic rings. The van der Waals surface area contributed by atoms with Crippen LogP contribution in [0.4, 0.5) is 0 Å². The predicted octanol–water partition coefficient (Wildman–Crippen LogP) is 5.44. The molecule has 27 heavy (non-hydrogen) atoms. The summed E-state index contributed by atoms with van der Waals surface area (Å²) >= 11 is 12.1. The molecule has 3 rings (SSSR count). The lowest BCUT2D eigenvalue weighted by atomic mass is 10.1. The van der Waals surface area contributed by atoms with Crippen molar-refractivity contribution in [3.63, 3.8) is 0 Å². The Bertz CT molecular complexity index is 1080. The molecule has 0 bridgehead atoms. The van der Waals surface area contributed by atoms with Crippen LogP contribution in [0, 0.1) is 18.3 Å². The number of aryl methyl sites for hydroxylation is 3. The third kappa shape index (κ3) is 4.91. The van der Waals surface area contributed by atoms with Crippen LogP contribution in [-0.4, -0.2) is 4.98 Å². The zero-order valence-corrected chi connectivity index (χ0v) is 16.1. The molecule has 0 radical (unpaired) electrons. The number of aromatic nitrogens is 1. The Labute approximate surface area is 166 Å². The van der Waals surface area contributed by atoms with Crippen LogP contribution in [0.15, 0.2) is 53.3 Å². The molecule has 0 aliphatic carbocycles. The smallest absolute Gasteiger partial charge is 0.270 e. The number of hydrogen-bond donors (Lipinski definition) is 1. The van der Waals surface area contributed by atoms with Crippen LogP contribution in [0.2, 0.25) is 10.0 Å². The van der Waals surface area contributed by atoms with Crippen molar-refractivity contribution in [2.75, 3.05) is 0 Å². The molecule has 0 atom stereocenters. The number of nitriles is 1. The quantitative estimate of drug-likeness (QED) is 0.621. The van der Waals surface area contributed by atoms with E-state index >= 15 is 0 Å². The SMILES string of the molecule is Cc1cccc(CCc2cc(Oc3cc(Cl)cc(C#N)c3)c(Cl)c(=O)[nH]2)c1. The number of aromatic amines is 1. The minimum absolute atomic E-state index is 0.0483. The average molecular weight is 399 g/mol. The second-order valence-corrected chi connectivity index (χ2v) is 6.99. The van der Waals surface area contributed by atoms with Gasteiger partial charge in [-0.3, -0.25) is 4.79 Å². The predicted molar refractivity (Wildman–Crippen MR) is 107 cm³/mol. The van der Waals surface area contributed by atoms with Gasteiger partial charge in [-0.05, 0) is 43.5 Å². The van der Waals surface area contributed by atoms with E-state index in [2.05, 4.69) is 11.1 Å². The Kier molecular flexibility index (Phi) is 5.85. The van der Waals surface area contributed by atoms with Gasteiger partial charge in [0.15, 0.2) is 5.75 Å². The van der Waals surface area contributed by atoms with Crippen LogP contribution in [0.25, 0.3) is 0 Å². The van der Waals surface area contributed by atoms with E-state index in [0.29, 0.717) is 28.5 Å². The summed E-state index contributed by atoms with van der Waals surface area (Å²) in [6.45, 7) is 2.04. The number of hydrogen-bond acceptors (Lipinski definition) is 3. The number of rotatable bonds is 5. The molecule has 0 amide bonds. The Morgan fingerprint density at radius 2 is 1.93 bits per heavy atom. The first-order valence-corrected chi connectivity index (χ1v) is 9.06. The monoisotopic (exact) mass is 398 g/mol. The van der Waals surface area contributed by atoms with E-state index < -0.39 is 5.56 Å². The van der Waals surface area contributed by atoms with Gasteiger partial charge in [-0.1, -0.05) is 53.0 Å². The fourth-order valence-corrected chi connectivity index (χ4v) is 3.10. The lowest BCUT2D eigenvalue weighted by Gasteiger charge is -2.10. The first-order chi connectivity index (χ1) is 12.9. The van der Waals surface area contributed by atoms with E-state index in [-0.39, 0.29) is 10.8 Å². The summed E-state index contributed by atoms with van der Waals surface area (Å²) in [7, 11) is 0. The molecule has 0 aliphatic heterocycles. The third-order valence-corrected chi connectivity index (χ3v) is 4.56. The molecule has 6 heteroatoms. The van der Waals surface area contributed by atoms with Crippen molar-refractivity contribution in [2.45, 2.75) is 19.8 Å². The highest BCUT2D eigenvalue weighted by Crippen LogP contribution is 2.30. The van der Waals surface area contributed by atoms with Crippen LogP contribution in [0.3, 0.4) is 0 Å². The molecule has 136 valence electrons. The molecular weight excluding hydrogens is 383 g/mol. The highest BCUT2D eigenvalue weighted by atomic mass is 35.5. The lowest BCUT2D eigenvalue weighted by molar-refractivity contribution is 0.480. The van der Waals surface area contributed by atoms with Gasteiger partial charge >= 0.3 is 0 Å². The summed E-state index contributed by atoms with van der Waals surface area (Å²) in [4.78, 5) is 14.9. The summed E-state index contributed by atoms with van der Waals surface area (Å²) in [5, 5.41) is 9.36. The summed E-state index contributed by atoms with van der Waals surface area (Å²) in [6, 6.07) is 16.6.